The zero-order valence-electron chi connectivity index (χ0n) is 17.2. The Morgan fingerprint density at radius 2 is 1.79 bits per heavy atom. The van der Waals surface area contributed by atoms with Crippen LogP contribution in [0.2, 0.25) is 0 Å². The van der Waals surface area contributed by atoms with Crippen LogP contribution < -0.4 is 10.6 Å². The standard InChI is InChI=1S/C21H27N7O/c1-20(2)8-15(9-21(3,4)28-20)25-18-12-22-19(27-26-18)16-6-5-13(7-17(16)29)14-10-23-24-11-14/h5-7,10-12,15,28-29H,8-9H2,1-4H3,(H,23,24)(H,25,26). The SMILES string of the molecule is CC1(C)CC(Nc2cnc(-c3ccc(-c4cn[nH]c4)cc3O)nn2)CC(C)(C)N1. The Morgan fingerprint density at radius 1 is 1.03 bits per heavy atom. The highest BCUT2D eigenvalue weighted by atomic mass is 16.3. The van der Waals surface area contributed by atoms with Crippen LogP contribution in [0.4, 0.5) is 5.82 Å². The second-order valence-electron chi connectivity index (χ2n) is 9.03. The van der Waals surface area contributed by atoms with E-state index < -0.39 is 0 Å². The van der Waals surface area contributed by atoms with E-state index in [4.69, 9.17) is 0 Å². The van der Waals surface area contributed by atoms with Gasteiger partial charge in [-0.05, 0) is 58.2 Å². The molecule has 0 atom stereocenters. The van der Waals surface area contributed by atoms with Gasteiger partial charge >= 0.3 is 0 Å². The first-order chi connectivity index (χ1) is 13.7. The van der Waals surface area contributed by atoms with Gasteiger partial charge in [0.2, 0.25) is 0 Å². The molecule has 0 unspecified atom stereocenters. The van der Waals surface area contributed by atoms with Crippen LogP contribution in [0, 0.1) is 0 Å². The number of aromatic amines is 1. The summed E-state index contributed by atoms with van der Waals surface area (Å²) in [6.45, 7) is 8.86. The average molecular weight is 393 g/mol. The van der Waals surface area contributed by atoms with Gasteiger partial charge in [-0.15, -0.1) is 10.2 Å². The number of anilines is 1. The number of nitrogens with zero attached hydrogens (tertiary/aromatic N) is 4. The van der Waals surface area contributed by atoms with Gasteiger partial charge in [0.15, 0.2) is 11.6 Å². The van der Waals surface area contributed by atoms with E-state index in [1.807, 2.05) is 6.07 Å². The van der Waals surface area contributed by atoms with Crippen molar-refractivity contribution in [3.05, 3.63) is 36.8 Å². The van der Waals surface area contributed by atoms with Crippen LogP contribution in [0.3, 0.4) is 0 Å². The number of phenols is 1. The van der Waals surface area contributed by atoms with Crippen molar-refractivity contribution < 1.29 is 5.11 Å². The van der Waals surface area contributed by atoms with Gasteiger partial charge < -0.3 is 15.7 Å². The summed E-state index contributed by atoms with van der Waals surface area (Å²) in [5, 5.41) is 32.8. The van der Waals surface area contributed by atoms with Crippen molar-refractivity contribution in [1.29, 1.82) is 0 Å². The number of hydrogen-bond acceptors (Lipinski definition) is 7. The summed E-state index contributed by atoms with van der Waals surface area (Å²) in [6.07, 6.45) is 7.12. The van der Waals surface area contributed by atoms with E-state index in [2.05, 4.69) is 63.7 Å². The molecule has 3 heterocycles. The molecule has 29 heavy (non-hydrogen) atoms. The third-order valence-corrected chi connectivity index (χ3v) is 5.17. The second-order valence-corrected chi connectivity index (χ2v) is 9.03. The number of aromatic nitrogens is 5. The molecule has 2 aromatic heterocycles. The number of piperidine rings is 1. The zero-order chi connectivity index (χ0) is 20.6. The molecule has 0 radical (unpaired) electrons. The fourth-order valence-electron chi connectivity index (χ4n) is 4.41. The van der Waals surface area contributed by atoms with Gasteiger partial charge in [-0.25, -0.2) is 4.98 Å². The van der Waals surface area contributed by atoms with Crippen molar-refractivity contribution >= 4 is 5.82 Å². The lowest BCUT2D eigenvalue weighted by molar-refractivity contribution is 0.170. The summed E-state index contributed by atoms with van der Waals surface area (Å²) in [5.74, 6) is 1.13. The first-order valence-corrected chi connectivity index (χ1v) is 9.79. The number of H-pyrrole nitrogens is 1. The molecule has 0 bridgehead atoms. The molecule has 4 N–H and O–H groups in total. The number of benzene rings is 1. The van der Waals surface area contributed by atoms with E-state index in [-0.39, 0.29) is 22.9 Å². The molecule has 0 saturated carbocycles. The van der Waals surface area contributed by atoms with Gasteiger partial charge in [0.1, 0.15) is 5.75 Å². The monoisotopic (exact) mass is 393 g/mol. The molecule has 1 aliphatic heterocycles. The van der Waals surface area contributed by atoms with E-state index in [1.165, 1.54) is 0 Å². The summed E-state index contributed by atoms with van der Waals surface area (Å²) in [5.41, 5.74) is 2.40. The van der Waals surface area contributed by atoms with E-state index in [9.17, 15) is 5.11 Å². The van der Waals surface area contributed by atoms with Crippen molar-refractivity contribution in [2.24, 2.45) is 0 Å². The molecule has 0 spiro atoms. The van der Waals surface area contributed by atoms with Crippen molar-refractivity contribution in [3.8, 4) is 28.3 Å². The summed E-state index contributed by atoms with van der Waals surface area (Å²) in [4.78, 5) is 4.41. The number of nitrogens with one attached hydrogen (secondary N) is 3. The molecule has 8 nitrogen and oxygen atoms in total. The van der Waals surface area contributed by atoms with Crippen LogP contribution in [-0.4, -0.2) is 47.6 Å². The minimum atomic E-state index is 0.0444. The van der Waals surface area contributed by atoms with E-state index in [0.717, 1.165) is 24.0 Å². The molecule has 0 aliphatic carbocycles. The van der Waals surface area contributed by atoms with Crippen LogP contribution in [0.5, 0.6) is 5.75 Å². The number of rotatable bonds is 4. The van der Waals surface area contributed by atoms with Gasteiger partial charge in [0, 0.05) is 28.9 Å². The highest BCUT2D eigenvalue weighted by Crippen LogP contribution is 2.32. The van der Waals surface area contributed by atoms with Crippen LogP contribution in [-0.2, 0) is 0 Å². The van der Waals surface area contributed by atoms with Gasteiger partial charge in [-0.1, -0.05) is 6.07 Å². The topological polar surface area (TPSA) is 112 Å². The fraction of sp³-hybridized carbons (Fsp3) is 0.429. The van der Waals surface area contributed by atoms with Crippen LogP contribution >= 0.6 is 0 Å². The summed E-state index contributed by atoms with van der Waals surface area (Å²) < 4.78 is 0. The quantitative estimate of drug-likeness (QED) is 0.538. The van der Waals surface area contributed by atoms with Crippen molar-refractivity contribution in [1.82, 2.24) is 30.7 Å². The van der Waals surface area contributed by atoms with Gasteiger partial charge in [-0.2, -0.15) is 5.10 Å². The minimum Gasteiger partial charge on any atom is -0.507 e. The third kappa shape index (κ3) is 4.37. The Balaban J connectivity index is 1.50. The highest BCUT2D eigenvalue weighted by molar-refractivity contribution is 5.72. The molecule has 1 aliphatic rings. The average Bonchev–Trinajstić information content (AvgIpc) is 3.14. The largest absolute Gasteiger partial charge is 0.507 e. The molecule has 1 fully saturated rings. The first-order valence-electron chi connectivity index (χ1n) is 9.79. The van der Waals surface area contributed by atoms with Crippen LogP contribution in [0.25, 0.3) is 22.5 Å². The predicted molar refractivity (Wildman–Crippen MR) is 112 cm³/mol. The Bertz CT molecular complexity index is 965. The third-order valence-electron chi connectivity index (χ3n) is 5.17. The molecule has 3 aromatic rings. The van der Waals surface area contributed by atoms with Crippen LogP contribution in [0.15, 0.2) is 36.8 Å². The lowest BCUT2D eigenvalue weighted by Crippen LogP contribution is -2.60. The molecule has 152 valence electrons. The van der Waals surface area contributed by atoms with Gasteiger partial charge in [0.25, 0.3) is 0 Å². The van der Waals surface area contributed by atoms with E-state index in [1.54, 1.807) is 30.7 Å². The summed E-state index contributed by atoms with van der Waals surface area (Å²) >= 11 is 0. The lowest BCUT2D eigenvalue weighted by Gasteiger charge is -2.46. The second kappa shape index (κ2) is 7.11. The molecule has 0 amide bonds. The Labute approximate surface area is 170 Å². The predicted octanol–water partition coefficient (Wildman–Crippen LogP) is 3.36. The van der Waals surface area contributed by atoms with Crippen molar-refractivity contribution in [2.45, 2.75) is 57.7 Å². The smallest absolute Gasteiger partial charge is 0.185 e. The van der Waals surface area contributed by atoms with Crippen molar-refractivity contribution in [2.75, 3.05) is 5.32 Å². The van der Waals surface area contributed by atoms with Gasteiger partial charge in [0.05, 0.1) is 18.0 Å². The lowest BCUT2D eigenvalue weighted by atomic mass is 9.79. The maximum Gasteiger partial charge on any atom is 0.185 e. The maximum atomic E-state index is 10.4. The Kier molecular flexibility index (Phi) is 4.74. The fourth-order valence-corrected chi connectivity index (χ4v) is 4.41. The molecule has 8 heteroatoms. The first kappa shape index (κ1) is 19.3. The Hall–Kier alpha value is -3.00. The number of hydrogen-bond donors (Lipinski definition) is 4. The molecule has 1 aromatic carbocycles. The van der Waals surface area contributed by atoms with E-state index >= 15 is 0 Å². The maximum absolute atomic E-state index is 10.4. The summed E-state index contributed by atoms with van der Waals surface area (Å²) in [7, 11) is 0. The Morgan fingerprint density at radius 3 is 2.38 bits per heavy atom. The summed E-state index contributed by atoms with van der Waals surface area (Å²) in [6, 6.07) is 5.65. The highest BCUT2D eigenvalue weighted by Gasteiger charge is 2.37. The minimum absolute atomic E-state index is 0.0444. The van der Waals surface area contributed by atoms with Gasteiger partial charge in [-0.3, -0.25) is 5.10 Å². The number of aromatic hydroxyl groups is 1. The molecular formula is C21H27N7O. The molecular weight excluding hydrogens is 366 g/mol. The van der Waals surface area contributed by atoms with Crippen LogP contribution in [0.1, 0.15) is 40.5 Å². The molecule has 4 rings (SSSR count). The zero-order valence-corrected chi connectivity index (χ0v) is 17.2. The molecule has 1 saturated heterocycles. The van der Waals surface area contributed by atoms with Crippen molar-refractivity contribution in [3.63, 3.8) is 0 Å². The van der Waals surface area contributed by atoms with E-state index in [0.29, 0.717) is 17.2 Å². The normalized spacial score (nSPS) is 18.5. The number of phenolic OH excluding ortho intramolecular Hbond substituents is 1.